The van der Waals surface area contributed by atoms with Crippen molar-refractivity contribution in [1.82, 2.24) is 15.1 Å². The Balaban J connectivity index is 0.00000220. The van der Waals surface area contributed by atoms with E-state index >= 15 is 0 Å². The van der Waals surface area contributed by atoms with E-state index in [1.54, 1.807) is 0 Å². The molecule has 2 aliphatic heterocycles. The number of nitrogens with one attached hydrogen (secondary N) is 1. The van der Waals surface area contributed by atoms with Gasteiger partial charge < -0.3 is 15.1 Å². The van der Waals surface area contributed by atoms with Crippen molar-refractivity contribution < 1.29 is 9.59 Å². The van der Waals surface area contributed by atoms with Gasteiger partial charge in [0.25, 0.3) is 0 Å². The molecule has 0 aliphatic carbocycles. The Morgan fingerprint density at radius 1 is 1.05 bits per heavy atom. The quantitative estimate of drug-likeness (QED) is 0.832. The molecule has 0 aromatic carbocycles. The van der Waals surface area contributed by atoms with Gasteiger partial charge in [0.1, 0.15) is 0 Å². The Hall–Kier alpha value is -0.460. The third kappa shape index (κ3) is 6.04. The molecule has 5 nitrogen and oxygen atoms in total. The van der Waals surface area contributed by atoms with Crippen LogP contribution in [0.25, 0.3) is 0 Å². The topological polar surface area (TPSA) is 52.7 Å². The Morgan fingerprint density at radius 3 is 2.29 bits per heavy atom. The molecular formula is C14H26ClN3O2S. The lowest BCUT2D eigenvalue weighted by Crippen LogP contribution is -2.51. The summed E-state index contributed by atoms with van der Waals surface area (Å²) in [6.45, 7) is 6.30. The second-order valence-electron chi connectivity index (χ2n) is 5.63. The Morgan fingerprint density at radius 2 is 1.67 bits per heavy atom. The number of piperidine rings is 1. The van der Waals surface area contributed by atoms with Gasteiger partial charge in [0.15, 0.2) is 0 Å². The minimum atomic E-state index is 0. The number of likely N-dealkylation sites (tertiary alicyclic amines) is 1. The largest absolute Gasteiger partial charge is 0.342 e. The number of halogens is 1. The first-order valence-corrected chi connectivity index (χ1v) is 8.69. The van der Waals surface area contributed by atoms with Crippen LogP contribution in [0, 0.1) is 0 Å². The van der Waals surface area contributed by atoms with Gasteiger partial charge in [-0.1, -0.05) is 0 Å². The van der Waals surface area contributed by atoms with Gasteiger partial charge in [0.2, 0.25) is 11.8 Å². The zero-order valence-corrected chi connectivity index (χ0v) is 14.3. The van der Waals surface area contributed by atoms with Gasteiger partial charge in [0, 0.05) is 38.8 Å². The van der Waals surface area contributed by atoms with E-state index in [1.165, 1.54) is 18.2 Å². The molecule has 122 valence electrons. The van der Waals surface area contributed by atoms with Crippen LogP contribution in [0.4, 0.5) is 0 Å². The third-order valence-corrected chi connectivity index (χ3v) is 4.78. The number of hydrogen-bond acceptors (Lipinski definition) is 4. The second-order valence-corrected chi connectivity index (χ2v) is 6.61. The zero-order valence-electron chi connectivity index (χ0n) is 12.7. The molecule has 7 heteroatoms. The van der Waals surface area contributed by atoms with Gasteiger partial charge in [-0.05, 0) is 26.2 Å². The number of hydrogen-bond donors (Lipinski definition) is 1. The van der Waals surface area contributed by atoms with E-state index in [4.69, 9.17) is 0 Å². The SMILES string of the molecule is CC1CN(C(=O)CSCC(=O)N2CCCCC2)CCN1.Cl. The van der Waals surface area contributed by atoms with Crippen LogP contribution in [0.3, 0.4) is 0 Å². The Kier molecular flexibility index (Phi) is 8.44. The van der Waals surface area contributed by atoms with E-state index in [1.807, 2.05) is 9.80 Å². The molecule has 2 fully saturated rings. The highest BCUT2D eigenvalue weighted by Crippen LogP contribution is 2.12. The highest BCUT2D eigenvalue weighted by atomic mass is 35.5. The van der Waals surface area contributed by atoms with Crippen molar-refractivity contribution >= 4 is 36.0 Å². The summed E-state index contributed by atoms with van der Waals surface area (Å²) in [5.74, 6) is 1.21. The van der Waals surface area contributed by atoms with Crippen LogP contribution >= 0.6 is 24.2 Å². The predicted octanol–water partition coefficient (Wildman–Crippen LogP) is 0.974. The molecule has 2 heterocycles. The molecule has 0 bridgehead atoms. The summed E-state index contributed by atoms with van der Waals surface area (Å²) in [6, 6.07) is 0.368. The van der Waals surface area contributed by atoms with Crippen molar-refractivity contribution in [3.63, 3.8) is 0 Å². The molecular weight excluding hydrogens is 310 g/mol. The smallest absolute Gasteiger partial charge is 0.232 e. The number of amides is 2. The Labute approximate surface area is 137 Å². The van der Waals surface area contributed by atoms with Crippen LogP contribution in [-0.4, -0.2) is 71.9 Å². The zero-order chi connectivity index (χ0) is 14.4. The first-order chi connectivity index (χ1) is 9.66. The lowest BCUT2D eigenvalue weighted by Gasteiger charge is -2.32. The molecule has 2 saturated heterocycles. The van der Waals surface area contributed by atoms with Gasteiger partial charge in [-0.15, -0.1) is 24.2 Å². The van der Waals surface area contributed by atoms with E-state index in [9.17, 15) is 9.59 Å². The maximum Gasteiger partial charge on any atom is 0.232 e. The molecule has 2 aliphatic rings. The van der Waals surface area contributed by atoms with Gasteiger partial charge >= 0.3 is 0 Å². The minimum Gasteiger partial charge on any atom is -0.342 e. The Bertz CT molecular complexity index is 351. The van der Waals surface area contributed by atoms with Gasteiger partial charge in [-0.25, -0.2) is 0 Å². The molecule has 0 radical (unpaired) electrons. The molecule has 1 atom stereocenters. The van der Waals surface area contributed by atoms with Crippen molar-refractivity contribution in [1.29, 1.82) is 0 Å². The average Bonchev–Trinajstić information content (AvgIpc) is 2.48. The van der Waals surface area contributed by atoms with Gasteiger partial charge in [-0.2, -0.15) is 0 Å². The number of carbonyl (C=O) groups excluding carboxylic acids is 2. The van der Waals surface area contributed by atoms with E-state index in [-0.39, 0.29) is 24.2 Å². The predicted molar refractivity (Wildman–Crippen MR) is 89.0 cm³/mol. The first-order valence-electron chi connectivity index (χ1n) is 7.53. The van der Waals surface area contributed by atoms with Gasteiger partial charge in [0.05, 0.1) is 11.5 Å². The van der Waals surface area contributed by atoms with Crippen molar-refractivity contribution in [3.8, 4) is 0 Å². The summed E-state index contributed by atoms with van der Waals surface area (Å²) >= 11 is 1.46. The summed E-state index contributed by atoms with van der Waals surface area (Å²) in [6.07, 6.45) is 3.47. The molecule has 2 amide bonds. The van der Waals surface area contributed by atoms with E-state index in [2.05, 4.69) is 12.2 Å². The fourth-order valence-corrected chi connectivity index (χ4v) is 3.53. The summed E-state index contributed by atoms with van der Waals surface area (Å²) < 4.78 is 0. The van der Waals surface area contributed by atoms with Crippen LogP contribution < -0.4 is 5.32 Å². The van der Waals surface area contributed by atoms with E-state index in [0.717, 1.165) is 45.6 Å². The summed E-state index contributed by atoms with van der Waals surface area (Å²) in [4.78, 5) is 27.9. The highest BCUT2D eigenvalue weighted by Gasteiger charge is 2.21. The normalized spacial score (nSPS) is 22.6. The number of thioether (sulfide) groups is 1. The van der Waals surface area contributed by atoms with Crippen LogP contribution in [0.1, 0.15) is 26.2 Å². The van der Waals surface area contributed by atoms with Crippen LogP contribution in [0.15, 0.2) is 0 Å². The summed E-state index contributed by atoms with van der Waals surface area (Å²) in [5, 5.41) is 3.32. The van der Waals surface area contributed by atoms with Crippen molar-refractivity contribution in [2.75, 3.05) is 44.2 Å². The highest BCUT2D eigenvalue weighted by molar-refractivity contribution is 8.00. The molecule has 0 saturated carbocycles. The molecule has 0 spiro atoms. The first kappa shape index (κ1) is 18.6. The summed E-state index contributed by atoms with van der Waals surface area (Å²) in [5.41, 5.74) is 0. The van der Waals surface area contributed by atoms with Crippen molar-refractivity contribution in [3.05, 3.63) is 0 Å². The number of piperazine rings is 1. The number of rotatable bonds is 4. The van der Waals surface area contributed by atoms with Crippen molar-refractivity contribution in [2.45, 2.75) is 32.2 Å². The van der Waals surface area contributed by atoms with Crippen molar-refractivity contribution in [2.24, 2.45) is 0 Å². The molecule has 1 unspecified atom stereocenters. The van der Waals surface area contributed by atoms with Gasteiger partial charge in [-0.3, -0.25) is 9.59 Å². The monoisotopic (exact) mass is 335 g/mol. The molecule has 21 heavy (non-hydrogen) atoms. The van der Waals surface area contributed by atoms with Crippen LogP contribution in [0.5, 0.6) is 0 Å². The summed E-state index contributed by atoms with van der Waals surface area (Å²) in [7, 11) is 0. The minimum absolute atomic E-state index is 0. The molecule has 0 aromatic rings. The van der Waals surface area contributed by atoms with E-state index in [0.29, 0.717) is 17.5 Å². The average molecular weight is 336 g/mol. The fourth-order valence-electron chi connectivity index (χ4n) is 2.71. The standard InChI is InChI=1S/C14H25N3O2S.ClH/c1-12-9-17(8-5-15-12)14(19)11-20-10-13(18)16-6-3-2-4-7-16;/h12,15H,2-11H2,1H3;1H. The number of carbonyl (C=O) groups is 2. The van der Waals surface area contributed by atoms with E-state index < -0.39 is 0 Å². The third-order valence-electron chi connectivity index (χ3n) is 3.88. The lowest BCUT2D eigenvalue weighted by atomic mass is 10.1. The molecule has 0 aromatic heterocycles. The molecule has 1 N–H and O–H groups in total. The maximum atomic E-state index is 12.1. The second kappa shape index (κ2) is 9.54. The lowest BCUT2D eigenvalue weighted by molar-refractivity contribution is -0.129. The number of nitrogens with zero attached hydrogens (tertiary/aromatic N) is 2. The van der Waals surface area contributed by atoms with Crippen LogP contribution in [0.2, 0.25) is 0 Å². The molecule has 2 rings (SSSR count). The fraction of sp³-hybridized carbons (Fsp3) is 0.857. The van der Waals surface area contributed by atoms with Crippen LogP contribution in [-0.2, 0) is 9.59 Å². The maximum absolute atomic E-state index is 12.1.